The van der Waals surface area contributed by atoms with Gasteiger partial charge >= 0.3 is 0 Å². The van der Waals surface area contributed by atoms with Gasteiger partial charge in [-0.25, -0.2) is 0 Å². The second-order valence-corrected chi connectivity index (χ2v) is 4.63. The zero-order chi connectivity index (χ0) is 10.2. The molecular formula is C11H20N2O. The molecule has 0 aromatic rings. The van der Waals surface area contributed by atoms with Crippen LogP contribution in [-0.2, 0) is 4.74 Å². The highest BCUT2D eigenvalue weighted by molar-refractivity contribution is 5.25. The lowest BCUT2D eigenvalue weighted by molar-refractivity contribution is 0.00539. The lowest BCUT2D eigenvalue weighted by Crippen LogP contribution is -2.36. The molecule has 2 heterocycles. The van der Waals surface area contributed by atoms with E-state index >= 15 is 0 Å². The number of hydrogen-bond donors (Lipinski definition) is 1. The molecule has 2 N–H and O–H groups in total. The fourth-order valence-corrected chi connectivity index (χ4v) is 2.45. The van der Waals surface area contributed by atoms with E-state index in [9.17, 15) is 0 Å². The minimum atomic E-state index is -0.116. The van der Waals surface area contributed by atoms with Crippen LogP contribution in [0.3, 0.4) is 0 Å². The zero-order valence-electron chi connectivity index (χ0n) is 9.18. The van der Waals surface area contributed by atoms with Gasteiger partial charge in [0.25, 0.3) is 0 Å². The molecule has 1 fully saturated rings. The molecule has 3 nitrogen and oxygen atoms in total. The first-order chi connectivity index (χ1) is 6.64. The summed E-state index contributed by atoms with van der Waals surface area (Å²) in [7, 11) is 2.17. The molecule has 2 aliphatic rings. The SMILES string of the molecule is CC1=C(N)C2(CCCN(C)CC2)OC1. The van der Waals surface area contributed by atoms with E-state index < -0.39 is 0 Å². The van der Waals surface area contributed by atoms with Gasteiger partial charge in [0.15, 0.2) is 0 Å². The number of hydrogen-bond acceptors (Lipinski definition) is 3. The molecule has 0 saturated carbocycles. The van der Waals surface area contributed by atoms with Crippen LogP contribution in [0.2, 0.25) is 0 Å². The Hall–Kier alpha value is -0.540. The third-order valence-corrected chi connectivity index (χ3v) is 3.53. The molecule has 0 aromatic carbocycles. The third kappa shape index (κ3) is 1.55. The predicted octanol–water partition coefficient (Wildman–Crippen LogP) is 1.10. The van der Waals surface area contributed by atoms with E-state index in [1.165, 1.54) is 12.0 Å². The van der Waals surface area contributed by atoms with Gasteiger partial charge in [-0.05, 0) is 45.4 Å². The van der Waals surface area contributed by atoms with Crippen molar-refractivity contribution in [3.8, 4) is 0 Å². The summed E-state index contributed by atoms with van der Waals surface area (Å²) >= 11 is 0. The third-order valence-electron chi connectivity index (χ3n) is 3.53. The van der Waals surface area contributed by atoms with E-state index in [4.69, 9.17) is 10.5 Å². The zero-order valence-corrected chi connectivity index (χ0v) is 9.18. The lowest BCUT2D eigenvalue weighted by atomic mass is 9.91. The Bertz CT molecular complexity index is 262. The van der Waals surface area contributed by atoms with Crippen LogP contribution >= 0.6 is 0 Å². The molecule has 80 valence electrons. The van der Waals surface area contributed by atoms with Crippen molar-refractivity contribution in [2.24, 2.45) is 5.73 Å². The molecule has 14 heavy (non-hydrogen) atoms. The molecule has 2 aliphatic heterocycles. The summed E-state index contributed by atoms with van der Waals surface area (Å²) in [5.74, 6) is 0. The highest BCUT2D eigenvalue weighted by Gasteiger charge is 2.40. The summed E-state index contributed by atoms with van der Waals surface area (Å²) in [6.45, 7) is 5.07. The van der Waals surface area contributed by atoms with Gasteiger partial charge in [-0.15, -0.1) is 0 Å². The molecule has 1 atom stereocenters. The highest BCUT2D eigenvalue weighted by Crippen LogP contribution is 2.37. The van der Waals surface area contributed by atoms with E-state index in [2.05, 4.69) is 18.9 Å². The van der Waals surface area contributed by atoms with E-state index in [0.717, 1.165) is 38.2 Å². The van der Waals surface area contributed by atoms with E-state index in [-0.39, 0.29) is 5.60 Å². The summed E-state index contributed by atoms with van der Waals surface area (Å²) in [4.78, 5) is 2.36. The fourth-order valence-electron chi connectivity index (χ4n) is 2.45. The number of likely N-dealkylation sites (tertiary alicyclic amines) is 1. The minimum absolute atomic E-state index is 0.116. The second kappa shape index (κ2) is 3.55. The molecule has 2 rings (SSSR count). The Morgan fingerprint density at radius 1 is 1.36 bits per heavy atom. The van der Waals surface area contributed by atoms with Gasteiger partial charge in [0.2, 0.25) is 0 Å². The van der Waals surface area contributed by atoms with Gasteiger partial charge in [-0.3, -0.25) is 0 Å². The first kappa shape index (κ1) is 9.99. The van der Waals surface area contributed by atoms with E-state index in [0.29, 0.717) is 0 Å². The quantitative estimate of drug-likeness (QED) is 0.630. The van der Waals surface area contributed by atoms with Crippen LogP contribution in [0.25, 0.3) is 0 Å². The van der Waals surface area contributed by atoms with Gasteiger partial charge in [-0.2, -0.15) is 0 Å². The first-order valence-electron chi connectivity index (χ1n) is 5.42. The monoisotopic (exact) mass is 196 g/mol. The van der Waals surface area contributed by atoms with Crippen molar-refractivity contribution in [3.05, 3.63) is 11.3 Å². The Labute approximate surface area is 85.9 Å². The Morgan fingerprint density at radius 2 is 2.14 bits per heavy atom. The molecule has 1 spiro atoms. The Morgan fingerprint density at radius 3 is 2.79 bits per heavy atom. The predicted molar refractivity (Wildman–Crippen MR) is 56.9 cm³/mol. The summed E-state index contributed by atoms with van der Waals surface area (Å²) in [5.41, 5.74) is 8.26. The molecule has 0 radical (unpaired) electrons. The van der Waals surface area contributed by atoms with Crippen molar-refractivity contribution in [2.45, 2.75) is 31.8 Å². The average molecular weight is 196 g/mol. The van der Waals surface area contributed by atoms with E-state index in [1.54, 1.807) is 0 Å². The van der Waals surface area contributed by atoms with Crippen molar-refractivity contribution in [1.29, 1.82) is 0 Å². The van der Waals surface area contributed by atoms with Gasteiger partial charge in [0.1, 0.15) is 5.60 Å². The molecule has 0 aromatic heterocycles. The number of rotatable bonds is 0. The lowest BCUT2D eigenvalue weighted by Gasteiger charge is -2.28. The van der Waals surface area contributed by atoms with Crippen LogP contribution in [0.15, 0.2) is 11.3 Å². The molecule has 3 heteroatoms. The van der Waals surface area contributed by atoms with Crippen LogP contribution in [0, 0.1) is 0 Å². The molecule has 0 amide bonds. The van der Waals surface area contributed by atoms with Crippen LogP contribution in [0.1, 0.15) is 26.2 Å². The van der Waals surface area contributed by atoms with Crippen molar-refractivity contribution in [1.82, 2.24) is 4.90 Å². The number of nitrogens with zero attached hydrogens (tertiary/aromatic N) is 1. The maximum absolute atomic E-state index is 6.14. The largest absolute Gasteiger partial charge is 0.400 e. The summed E-state index contributed by atoms with van der Waals surface area (Å²) < 4.78 is 5.91. The maximum Gasteiger partial charge on any atom is 0.109 e. The Kier molecular flexibility index (Phi) is 2.54. The van der Waals surface area contributed by atoms with Gasteiger partial charge in [-0.1, -0.05) is 0 Å². The summed E-state index contributed by atoms with van der Waals surface area (Å²) in [6.07, 6.45) is 3.32. The normalized spacial score (nSPS) is 35.3. The molecule has 0 bridgehead atoms. The first-order valence-corrected chi connectivity index (χ1v) is 5.42. The van der Waals surface area contributed by atoms with Gasteiger partial charge in [0, 0.05) is 12.2 Å². The van der Waals surface area contributed by atoms with Gasteiger partial charge in [0.05, 0.1) is 6.61 Å². The van der Waals surface area contributed by atoms with Crippen LogP contribution < -0.4 is 5.73 Å². The topological polar surface area (TPSA) is 38.5 Å². The molecule has 1 saturated heterocycles. The fraction of sp³-hybridized carbons (Fsp3) is 0.818. The standard InChI is InChI=1S/C11H20N2O/c1-9-8-14-11(10(9)12)4-3-6-13(2)7-5-11/h3-8,12H2,1-2H3. The van der Waals surface area contributed by atoms with Crippen molar-refractivity contribution < 1.29 is 4.74 Å². The Balaban J connectivity index is 2.16. The smallest absolute Gasteiger partial charge is 0.109 e. The molecule has 1 unspecified atom stereocenters. The molecular weight excluding hydrogens is 176 g/mol. The minimum Gasteiger partial charge on any atom is -0.400 e. The van der Waals surface area contributed by atoms with Crippen LogP contribution in [0.5, 0.6) is 0 Å². The summed E-state index contributed by atoms with van der Waals surface area (Å²) in [5, 5.41) is 0. The van der Waals surface area contributed by atoms with Crippen LogP contribution in [-0.4, -0.2) is 37.2 Å². The van der Waals surface area contributed by atoms with Crippen molar-refractivity contribution in [2.75, 3.05) is 26.7 Å². The van der Waals surface area contributed by atoms with Crippen molar-refractivity contribution in [3.63, 3.8) is 0 Å². The number of ether oxygens (including phenoxy) is 1. The number of nitrogens with two attached hydrogens (primary N) is 1. The van der Waals surface area contributed by atoms with E-state index in [1.807, 2.05) is 0 Å². The van der Waals surface area contributed by atoms with Crippen molar-refractivity contribution >= 4 is 0 Å². The maximum atomic E-state index is 6.14. The van der Waals surface area contributed by atoms with Gasteiger partial charge < -0.3 is 15.4 Å². The second-order valence-electron chi connectivity index (χ2n) is 4.63. The summed E-state index contributed by atoms with van der Waals surface area (Å²) in [6, 6.07) is 0. The van der Waals surface area contributed by atoms with Crippen LogP contribution in [0.4, 0.5) is 0 Å². The average Bonchev–Trinajstić information content (AvgIpc) is 2.38. The molecule has 0 aliphatic carbocycles. The highest BCUT2D eigenvalue weighted by atomic mass is 16.5.